The quantitative estimate of drug-likeness (QED) is 0.924. The standard InChI is InChI=1S/C14H17N5O2/c1-10-5-6-13(18-17-10)19-12(7-8-15-19)16-14(20)11-4-2-3-9-21-11/h5-8,11H,2-4,9H2,1H3,(H,16,20)/t11-/m0/s1. The van der Waals surface area contributed by atoms with Crippen LogP contribution in [0.25, 0.3) is 5.82 Å². The highest BCUT2D eigenvalue weighted by molar-refractivity contribution is 5.93. The van der Waals surface area contributed by atoms with Gasteiger partial charge in [0.15, 0.2) is 5.82 Å². The van der Waals surface area contributed by atoms with Crippen molar-refractivity contribution in [3.05, 3.63) is 30.1 Å². The van der Waals surface area contributed by atoms with Crippen molar-refractivity contribution in [3.8, 4) is 5.82 Å². The second-order valence-corrected chi connectivity index (χ2v) is 5.01. The van der Waals surface area contributed by atoms with E-state index in [2.05, 4.69) is 20.6 Å². The van der Waals surface area contributed by atoms with Gasteiger partial charge in [0.25, 0.3) is 5.91 Å². The summed E-state index contributed by atoms with van der Waals surface area (Å²) in [5.74, 6) is 0.981. The van der Waals surface area contributed by atoms with Crippen molar-refractivity contribution in [1.29, 1.82) is 0 Å². The van der Waals surface area contributed by atoms with E-state index in [1.807, 2.05) is 19.1 Å². The summed E-state index contributed by atoms with van der Waals surface area (Å²) in [6.07, 6.45) is 4.01. The van der Waals surface area contributed by atoms with Crippen LogP contribution in [0.5, 0.6) is 0 Å². The summed E-state index contributed by atoms with van der Waals surface area (Å²) in [5, 5.41) is 15.1. The Kier molecular flexibility index (Phi) is 3.92. The Morgan fingerprint density at radius 3 is 2.95 bits per heavy atom. The van der Waals surface area contributed by atoms with Gasteiger partial charge in [-0.15, -0.1) is 5.10 Å². The number of hydrogen-bond donors (Lipinski definition) is 1. The number of hydrogen-bond acceptors (Lipinski definition) is 5. The second-order valence-electron chi connectivity index (χ2n) is 5.01. The number of anilines is 1. The highest BCUT2D eigenvalue weighted by Crippen LogP contribution is 2.17. The fourth-order valence-corrected chi connectivity index (χ4v) is 2.24. The highest BCUT2D eigenvalue weighted by atomic mass is 16.5. The summed E-state index contributed by atoms with van der Waals surface area (Å²) in [6, 6.07) is 5.38. The van der Waals surface area contributed by atoms with Crippen LogP contribution in [0.1, 0.15) is 25.0 Å². The molecular formula is C14H17N5O2. The predicted molar refractivity (Wildman–Crippen MR) is 76.1 cm³/mol. The van der Waals surface area contributed by atoms with Gasteiger partial charge in [-0.3, -0.25) is 4.79 Å². The van der Waals surface area contributed by atoms with Crippen molar-refractivity contribution >= 4 is 11.7 Å². The van der Waals surface area contributed by atoms with Gasteiger partial charge >= 0.3 is 0 Å². The van der Waals surface area contributed by atoms with Gasteiger partial charge in [0.05, 0.1) is 11.9 Å². The Bertz CT molecular complexity index is 617. The molecule has 0 bridgehead atoms. The molecule has 3 rings (SSSR count). The van der Waals surface area contributed by atoms with Gasteiger partial charge in [-0.25, -0.2) is 0 Å². The molecule has 2 aromatic rings. The van der Waals surface area contributed by atoms with Crippen molar-refractivity contribution in [1.82, 2.24) is 20.0 Å². The topological polar surface area (TPSA) is 81.9 Å². The van der Waals surface area contributed by atoms with Gasteiger partial charge < -0.3 is 10.1 Å². The van der Waals surface area contributed by atoms with E-state index in [1.165, 1.54) is 0 Å². The fraction of sp³-hybridized carbons (Fsp3) is 0.429. The van der Waals surface area contributed by atoms with Crippen molar-refractivity contribution in [2.75, 3.05) is 11.9 Å². The van der Waals surface area contributed by atoms with E-state index >= 15 is 0 Å². The molecule has 0 spiro atoms. The Morgan fingerprint density at radius 1 is 1.33 bits per heavy atom. The van der Waals surface area contributed by atoms with E-state index in [1.54, 1.807) is 16.9 Å². The molecule has 1 aliphatic rings. The number of ether oxygens (including phenoxy) is 1. The minimum Gasteiger partial charge on any atom is -0.368 e. The zero-order valence-corrected chi connectivity index (χ0v) is 11.8. The van der Waals surface area contributed by atoms with E-state index in [4.69, 9.17) is 4.74 Å². The number of carbonyl (C=O) groups excluding carboxylic acids is 1. The van der Waals surface area contributed by atoms with Crippen LogP contribution in [0.4, 0.5) is 5.82 Å². The molecular weight excluding hydrogens is 270 g/mol. The van der Waals surface area contributed by atoms with Gasteiger partial charge in [-0.05, 0) is 38.3 Å². The van der Waals surface area contributed by atoms with Crippen molar-refractivity contribution < 1.29 is 9.53 Å². The lowest BCUT2D eigenvalue weighted by Crippen LogP contribution is -2.33. The molecule has 2 aromatic heterocycles. The second kappa shape index (κ2) is 6.01. The number of carbonyl (C=O) groups is 1. The third kappa shape index (κ3) is 3.08. The third-order valence-corrected chi connectivity index (χ3v) is 3.37. The number of nitrogens with one attached hydrogen (secondary N) is 1. The summed E-state index contributed by atoms with van der Waals surface area (Å²) >= 11 is 0. The summed E-state index contributed by atoms with van der Waals surface area (Å²) < 4.78 is 7.03. The van der Waals surface area contributed by atoms with E-state index < -0.39 is 0 Å². The lowest BCUT2D eigenvalue weighted by atomic mass is 10.1. The third-order valence-electron chi connectivity index (χ3n) is 3.37. The van der Waals surface area contributed by atoms with Crippen LogP contribution in [0.2, 0.25) is 0 Å². The van der Waals surface area contributed by atoms with Crippen LogP contribution in [-0.2, 0) is 9.53 Å². The first kappa shape index (κ1) is 13.7. The first-order chi connectivity index (χ1) is 10.2. The minimum absolute atomic E-state index is 0.142. The number of amides is 1. The average Bonchev–Trinajstić information content (AvgIpc) is 2.97. The maximum Gasteiger partial charge on any atom is 0.254 e. The lowest BCUT2D eigenvalue weighted by molar-refractivity contribution is -0.130. The molecule has 1 aliphatic heterocycles. The molecule has 1 amide bonds. The van der Waals surface area contributed by atoms with E-state index in [-0.39, 0.29) is 12.0 Å². The van der Waals surface area contributed by atoms with Gasteiger partial charge in [-0.2, -0.15) is 14.9 Å². The van der Waals surface area contributed by atoms with Crippen molar-refractivity contribution in [2.24, 2.45) is 0 Å². The molecule has 0 unspecified atom stereocenters. The molecule has 21 heavy (non-hydrogen) atoms. The Hall–Kier alpha value is -2.28. The van der Waals surface area contributed by atoms with Gasteiger partial charge in [0, 0.05) is 12.7 Å². The van der Waals surface area contributed by atoms with Crippen molar-refractivity contribution in [2.45, 2.75) is 32.3 Å². The van der Waals surface area contributed by atoms with E-state index in [0.29, 0.717) is 18.2 Å². The molecule has 0 saturated carbocycles. The zero-order chi connectivity index (χ0) is 14.7. The first-order valence-corrected chi connectivity index (χ1v) is 7.01. The van der Waals surface area contributed by atoms with Crippen LogP contribution in [0, 0.1) is 6.92 Å². The molecule has 1 fully saturated rings. The first-order valence-electron chi connectivity index (χ1n) is 7.01. The van der Waals surface area contributed by atoms with Crippen LogP contribution in [0.15, 0.2) is 24.4 Å². The molecule has 0 aliphatic carbocycles. The SMILES string of the molecule is Cc1ccc(-n2nccc2NC(=O)[C@@H]2CCCCO2)nn1. The Labute approximate surface area is 122 Å². The molecule has 1 N–H and O–H groups in total. The number of nitrogens with zero attached hydrogens (tertiary/aromatic N) is 4. The number of aryl methyl sites for hydroxylation is 1. The largest absolute Gasteiger partial charge is 0.368 e. The Balaban J connectivity index is 1.76. The lowest BCUT2D eigenvalue weighted by Gasteiger charge is -2.21. The number of rotatable bonds is 3. The molecule has 3 heterocycles. The van der Waals surface area contributed by atoms with Crippen LogP contribution in [-0.4, -0.2) is 38.6 Å². The van der Waals surface area contributed by atoms with Crippen molar-refractivity contribution in [3.63, 3.8) is 0 Å². The van der Waals surface area contributed by atoms with Gasteiger partial charge in [-0.1, -0.05) is 0 Å². The van der Waals surface area contributed by atoms with Crippen LogP contribution < -0.4 is 5.32 Å². The summed E-state index contributed by atoms with van der Waals surface area (Å²) in [5.41, 5.74) is 0.826. The smallest absolute Gasteiger partial charge is 0.254 e. The summed E-state index contributed by atoms with van der Waals surface area (Å²) in [7, 11) is 0. The van der Waals surface area contributed by atoms with Crippen LogP contribution >= 0.6 is 0 Å². The predicted octanol–water partition coefficient (Wildman–Crippen LogP) is 1.48. The summed E-state index contributed by atoms with van der Waals surface area (Å²) in [6.45, 7) is 2.50. The van der Waals surface area contributed by atoms with Crippen LogP contribution in [0.3, 0.4) is 0 Å². The van der Waals surface area contributed by atoms with E-state index in [0.717, 1.165) is 25.0 Å². The fourth-order valence-electron chi connectivity index (χ4n) is 2.24. The monoisotopic (exact) mass is 287 g/mol. The Morgan fingerprint density at radius 2 is 2.24 bits per heavy atom. The molecule has 1 saturated heterocycles. The normalized spacial score (nSPS) is 18.4. The molecule has 7 nitrogen and oxygen atoms in total. The molecule has 0 radical (unpaired) electrons. The van der Waals surface area contributed by atoms with E-state index in [9.17, 15) is 4.79 Å². The van der Waals surface area contributed by atoms with Gasteiger partial charge in [0.1, 0.15) is 11.9 Å². The molecule has 1 atom stereocenters. The molecule has 110 valence electrons. The maximum atomic E-state index is 12.2. The highest BCUT2D eigenvalue weighted by Gasteiger charge is 2.23. The number of aromatic nitrogens is 4. The maximum absolute atomic E-state index is 12.2. The van der Waals surface area contributed by atoms with Gasteiger partial charge in [0.2, 0.25) is 0 Å². The minimum atomic E-state index is -0.383. The molecule has 7 heteroatoms. The zero-order valence-electron chi connectivity index (χ0n) is 11.8. The molecule has 0 aromatic carbocycles. The average molecular weight is 287 g/mol. The summed E-state index contributed by atoms with van der Waals surface area (Å²) in [4.78, 5) is 12.2.